The molecule has 0 fully saturated rings. The van der Waals surface area contributed by atoms with Crippen molar-refractivity contribution < 1.29 is 18.7 Å². The molecule has 2 rings (SSSR count). The first-order valence-corrected chi connectivity index (χ1v) is 7.49. The van der Waals surface area contributed by atoms with Gasteiger partial charge in [-0.25, -0.2) is 13.6 Å². The molecule has 1 unspecified atom stereocenters. The maximum atomic E-state index is 14.8. The van der Waals surface area contributed by atoms with Crippen molar-refractivity contribution in [1.29, 1.82) is 5.41 Å². The molecule has 0 heterocycles. The number of carboxylic acid groups (broad SMARTS) is 1. The predicted octanol–water partition coefficient (Wildman–Crippen LogP) is 4.84. The van der Waals surface area contributed by atoms with Gasteiger partial charge in [-0.15, -0.1) is 0 Å². The Kier molecular flexibility index (Phi) is 5.00. The molecule has 1 aliphatic carbocycles. The molecule has 0 bridgehead atoms. The number of carbonyl (C=O) groups is 1. The van der Waals surface area contributed by atoms with Crippen LogP contribution in [-0.4, -0.2) is 16.8 Å². The van der Waals surface area contributed by atoms with Crippen LogP contribution in [0.5, 0.6) is 0 Å². The van der Waals surface area contributed by atoms with Crippen LogP contribution in [0.25, 0.3) is 5.57 Å². The summed E-state index contributed by atoms with van der Waals surface area (Å²) in [5.74, 6) is -3.01. The van der Waals surface area contributed by atoms with Gasteiger partial charge in [-0.1, -0.05) is 30.7 Å². The zero-order valence-corrected chi connectivity index (χ0v) is 13.5. The molecular formula is C17H16ClF2NO2. The number of aryl methyl sites for hydroxylation is 1. The van der Waals surface area contributed by atoms with Gasteiger partial charge in [0.1, 0.15) is 11.5 Å². The number of hydrogen-bond acceptors (Lipinski definition) is 2. The Morgan fingerprint density at radius 3 is 2.61 bits per heavy atom. The standard InChI is InChI=1S/C17H16ClF2NO2/c1-8-3-5-10(7-12(8)19)13-9(2)4-6-11(17(22)23)14(18)16(21)15(13)20/h3,5,7,9,21H,4,6H2,1-2H3,(H,22,23)/b14-11-,15-13?,21-16?. The summed E-state index contributed by atoms with van der Waals surface area (Å²) < 4.78 is 28.6. The number of allylic oxidation sites excluding steroid dienone is 3. The Morgan fingerprint density at radius 1 is 1.39 bits per heavy atom. The Bertz CT molecular complexity index is 753. The number of benzene rings is 1. The summed E-state index contributed by atoms with van der Waals surface area (Å²) in [7, 11) is 0. The van der Waals surface area contributed by atoms with E-state index in [4.69, 9.17) is 22.1 Å². The maximum Gasteiger partial charge on any atom is 0.333 e. The molecule has 1 aromatic rings. The van der Waals surface area contributed by atoms with Crippen molar-refractivity contribution in [2.75, 3.05) is 0 Å². The summed E-state index contributed by atoms with van der Waals surface area (Å²) >= 11 is 5.88. The fourth-order valence-corrected chi connectivity index (χ4v) is 2.84. The monoisotopic (exact) mass is 339 g/mol. The third-order valence-electron chi connectivity index (χ3n) is 4.00. The van der Waals surface area contributed by atoms with Crippen molar-refractivity contribution in [3.8, 4) is 0 Å². The molecule has 0 saturated heterocycles. The van der Waals surface area contributed by atoms with Crippen LogP contribution in [0.1, 0.15) is 30.9 Å². The minimum atomic E-state index is -1.26. The highest BCUT2D eigenvalue weighted by molar-refractivity contribution is 6.47. The van der Waals surface area contributed by atoms with Crippen molar-refractivity contribution in [3.05, 3.63) is 51.6 Å². The number of carboxylic acids is 1. The van der Waals surface area contributed by atoms with Crippen molar-refractivity contribution in [2.24, 2.45) is 5.92 Å². The predicted molar refractivity (Wildman–Crippen MR) is 85.8 cm³/mol. The molecule has 1 atom stereocenters. The summed E-state index contributed by atoms with van der Waals surface area (Å²) in [5.41, 5.74) is 0.108. The number of halogens is 3. The minimum Gasteiger partial charge on any atom is -0.478 e. The molecule has 122 valence electrons. The second-order valence-corrected chi connectivity index (χ2v) is 5.98. The van der Waals surface area contributed by atoms with E-state index < -0.39 is 28.4 Å². The summed E-state index contributed by atoms with van der Waals surface area (Å²) in [6.07, 6.45) is 0.451. The third kappa shape index (κ3) is 3.34. The van der Waals surface area contributed by atoms with E-state index in [1.807, 2.05) is 0 Å². The molecule has 0 aliphatic heterocycles. The Balaban J connectivity index is 2.63. The van der Waals surface area contributed by atoms with E-state index in [1.54, 1.807) is 26.0 Å². The Hall–Kier alpha value is -2.01. The van der Waals surface area contributed by atoms with Crippen LogP contribution in [0.3, 0.4) is 0 Å². The molecule has 0 aromatic heterocycles. The van der Waals surface area contributed by atoms with Gasteiger partial charge in [-0.2, -0.15) is 0 Å². The van der Waals surface area contributed by atoms with Gasteiger partial charge in [0, 0.05) is 5.57 Å². The quantitative estimate of drug-likeness (QED) is 0.809. The number of aliphatic carboxylic acids is 1. The van der Waals surface area contributed by atoms with Crippen LogP contribution in [0.2, 0.25) is 0 Å². The highest BCUT2D eigenvalue weighted by atomic mass is 35.5. The van der Waals surface area contributed by atoms with Crippen LogP contribution in [0.15, 0.2) is 34.6 Å². The lowest BCUT2D eigenvalue weighted by molar-refractivity contribution is -0.132. The third-order valence-corrected chi connectivity index (χ3v) is 4.42. The van der Waals surface area contributed by atoms with Gasteiger partial charge in [0.25, 0.3) is 0 Å². The van der Waals surface area contributed by atoms with Crippen LogP contribution < -0.4 is 0 Å². The molecule has 1 aromatic carbocycles. The topological polar surface area (TPSA) is 61.2 Å². The van der Waals surface area contributed by atoms with Crippen LogP contribution in [0, 0.1) is 24.1 Å². The first-order chi connectivity index (χ1) is 10.7. The van der Waals surface area contributed by atoms with Crippen molar-refractivity contribution in [3.63, 3.8) is 0 Å². The molecule has 0 saturated carbocycles. The van der Waals surface area contributed by atoms with Crippen molar-refractivity contribution >= 4 is 28.9 Å². The number of hydrogen-bond donors (Lipinski definition) is 2. The fraction of sp³-hybridized carbons (Fsp3) is 0.294. The SMILES string of the molecule is Cc1ccc(C2=C(F)C(=N)/C(Cl)=C(/C(=O)O)CCC2C)cc1F. The van der Waals surface area contributed by atoms with Crippen molar-refractivity contribution in [2.45, 2.75) is 26.7 Å². The van der Waals surface area contributed by atoms with Crippen LogP contribution in [-0.2, 0) is 4.79 Å². The van der Waals surface area contributed by atoms with E-state index in [0.717, 1.165) is 0 Å². The molecule has 1 aliphatic rings. The lowest BCUT2D eigenvalue weighted by Gasteiger charge is -2.22. The Labute approximate surface area is 137 Å². The zero-order valence-electron chi connectivity index (χ0n) is 12.7. The van der Waals surface area contributed by atoms with E-state index in [0.29, 0.717) is 17.5 Å². The van der Waals surface area contributed by atoms with Gasteiger partial charge in [-0.3, -0.25) is 5.41 Å². The highest BCUT2D eigenvalue weighted by Gasteiger charge is 2.28. The lowest BCUT2D eigenvalue weighted by atomic mass is 9.85. The molecule has 23 heavy (non-hydrogen) atoms. The fourth-order valence-electron chi connectivity index (χ4n) is 2.59. The van der Waals surface area contributed by atoms with Gasteiger partial charge < -0.3 is 5.11 Å². The zero-order chi connectivity index (χ0) is 17.3. The molecule has 6 heteroatoms. The molecule has 2 N–H and O–H groups in total. The molecule has 0 spiro atoms. The average Bonchev–Trinajstić information content (AvgIpc) is 2.49. The van der Waals surface area contributed by atoms with E-state index in [2.05, 4.69) is 0 Å². The molecule has 0 amide bonds. The summed E-state index contributed by atoms with van der Waals surface area (Å²) in [4.78, 5) is 11.2. The maximum absolute atomic E-state index is 14.8. The summed E-state index contributed by atoms with van der Waals surface area (Å²) in [5, 5.41) is 16.6. The smallest absolute Gasteiger partial charge is 0.333 e. The number of rotatable bonds is 2. The molecule has 0 radical (unpaired) electrons. The van der Waals surface area contributed by atoms with Gasteiger partial charge in [0.05, 0.1) is 10.6 Å². The second-order valence-electron chi connectivity index (χ2n) is 5.60. The van der Waals surface area contributed by atoms with Gasteiger partial charge in [0.15, 0.2) is 5.83 Å². The summed E-state index contributed by atoms with van der Waals surface area (Å²) in [6.45, 7) is 3.32. The van der Waals surface area contributed by atoms with E-state index in [-0.39, 0.29) is 23.5 Å². The van der Waals surface area contributed by atoms with E-state index in [9.17, 15) is 13.6 Å². The van der Waals surface area contributed by atoms with E-state index in [1.165, 1.54) is 6.07 Å². The van der Waals surface area contributed by atoms with Crippen molar-refractivity contribution in [1.82, 2.24) is 0 Å². The first kappa shape index (κ1) is 17.3. The van der Waals surface area contributed by atoms with Gasteiger partial charge >= 0.3 is 5.97 Å². The van der Waals surface area contributed by atoms with Crippen LogP contribution in [0.4, 0.5) is 8.78 Å². The lowest BCUT2D eigenvalue weighted by Crippen LogP contribution is -2.16. The van der Waals surface area contributed by atoms with E-state index >= 15 is 0 Å². The number of nitrogens with one attached hydrogen (secondary N) is 1. The second kappa shape index (κ2) is 6.62. The first-order valence-electron chi connectivity index (χ1n) is 7.11. The van der Waals surface area contributed by atoms with Gasteiger partial charge in [-0.05, 0) is 42.9 Å². The Morgan fingerprint density at radius 2 is 2.04 bits per heavy atom. The minimum absolute atomic E-state index is 0.114. The molecular weight excluding hydrogens is 324 g/mol. The largest absolute Gasteiger partial charge is 0.478 e. The average molecular weight is 340 g/mol. The normalized spacial score (nSPS) is 22.8. The summed E-state index contributed by atoms with van der Waals surface area (Å²) in [6, 6.07) is 4.36. The van der Waals surface area contributed by atoms with Gasteiger partial charge in [0.2, 0.25) is 0 Å². The highest BCUT2D eigenvalue weighted by Crippen LogP contribution is 2.37. The van der Waals surface area contributed by atoms with Crippen LogP contribution >= 0.6 is 11.6 Å². The molecule has 3 nitrogen and oxygen atoms in total.